The lowest BCUT2D eigenvalue weighted by molar-refractivity contribution is -0.120. The minimum atomic E-state index is -0.360. The van der Waals surface area contributed by atoms with Crippen molar-refractivity contribution in [1.29, 1.82) is 0 Å². The molecule has 3 rings (SSSR count). The molecule has 148 valence electrons. The molecule has 1 saturated heterocycles. The smallest absolute Gasteiger partial charge is 0.338 e. The first-order valence-electron chi connectivity index (χ1n) is 9.61. The predicted octanol–water partition coefficient (Wildman–Crippen LogP) is 3.13. The maximum atomic E-state index is 12.6. The van der Waals surface area contributed by atoms with Gasteiger partial charge in [-0.25, -0.2) is 14.8 Å². The fourth-order valence-electron chi connectivity index (χ4n) is 3.34. The van der Waals surface area contributed by atoms with E-state index in [1.165, 1.54) is 0 Å². The number of nitrogens with one attached hydrogen (secondary N) is 1. The van der Waals surface area contributed by atoms with E-state index in [1.807, 2.05) is 19.9 Å². The van der Waals surface area contributed by atoms with Crippen LogP contribution in [0.1, 0.15) is 41.5 Å². The van der Waals surface area contributed by atoms with Crippen LogP contribution in [0.5, 0.6) is 0 Å². The lowest BCUT2D eigenvalue weighted by Crippen LogP contribution is -2.39. The molecular weight excluding hydrogens is 356 g/mol. The average Bonchev–Trinajstić information content (AvgIpc) is 2.68. The first-order valence-corrected chi connectivity index (χ1v) is 9.61. The molecule has 7 nitrogen and oxygen atoms in total. The second-order valence-corrected chi connectivity index (χ2v) is 7.00. The van der Waals surface area contributed by atoms with Crippen LogP contribution >= 0.6 is 0 Å². The molecule has 1 aliphatic heterocycles. The summed E-state index contributed by atoms with van der Waals surface area (Å²) in [5.74, 6) is 0.337. The van der Waals surface area contributed by atoms with Crippen LogP contribution in [0.4, 0.5) is 11.6 Å². The Morgan fingerprint density at radius 3 is 2.29 bits per heavy atom. The summed E-state index contributed by atoms with van der Waals surface area (Å²) in [5.41, 5.74) is 3.06. The second kappa shape index (κ2) is 8.82. The topological polar surface area (TPSA) is 84.4 Å². The Morgan fingerprint density at radius 1 is 1.11 bits per heavy atom. The maximum absolute atomic E-state index is 12.6. The van der Waals surface area contributed by atoms with Crippen LogP contribution in [0.3, 0.4) is 0 Å². The van der Waals surface area contributed by atoms with Crippen LogP contribution in [0, 0.1) is 19.8 Å². The molecule has 0 atom stereocenters. The first kappa shape index (κ1) is 19.8. The Labute approximate surface area is 165 Å². The van der Waals surface area contributed by atoms with Crippen LogP contribution in [0.2, 0.25) is 0 Å². The van der Waals surface area contributed by atoms with Gasteiger partial charge in [0.15, 0.2) is 0 Å². The molecule has 1 fully saturated rings. The molecule has 28 heavy (non-hydrogen) atoms. The van der Waals surface area contributed by atoms with E-state index in [4.69, 9.17) is 4.74 Å². The standard InChI is InChI=1S/C21H26N4O3/c1-4-28-20(27)17-5-7-18(8-6-17)24-19(26)16-9-11-25(12-10-16)21-22-14(2)13-15(3)23-21/h5-8,13,16H,4,9-12H2,1-3H3,(H,24,26). The fraction of sp³-hybridized carbons (Fsp3) is 0.429. The Bertz CT molecular complexity index is 823. The van der Waals surface area contributed by atoms with Gasteiger partial charge in [-0.2, -0.15) is 0 Å². The van der Waals surface area contributed by atoms with E-state index in [2.05, 4.69) is 20.2 Å². The minimum absolute atomic E-state index is 0.00451. The molecule has 0 unspecified atom stereocenters. The number of aromatic nitrogens is 2. The number of piperidine rings is 1. The van der Waals surface area contributed by atoms with E-state index in [9.17, 15) is 9.59 Å². The van der Waals surface area contributed by atoms with E-state index in [0.717, 1.165) is 43.3 Å². The number of carbonyl (C=O) groups excluding carboxylic acids is 2. The Morgan fingerprint density at radius 2 is 1.71 bits per heavy atom. The fourth-order valence-corrected chi connectivity index (χ4v) is 3.34. The lowest BCUT2D eigenvalue weighted by Gasteiger charge is -2.31. The summed E-state index contributed by atoms with van der Waals surface area (Å²) < 4.78 is 4.96. The van der Waals surface area contributed by atoms with Crippen molar-refractivity contribution in [3.8, 4) is 0 Å². The van der Waals surface area contributed by atoms with E-state index < -0.39 is 0 Å². The van der Waals surface area contributed by atoms with Crippen LogP contribution < -0.4 is 10.2 Å². The van der Waals surface area contributed by atoms with Gasteiger partial charge >= 0.3 is 5.97 Å². The molecule has 0 radical (unpaired) electrons. The zero-order valence-corrected chi connectivity index (χ0v) is 16.6. The zero-order valence-electron chi connectivity index (χ0n) is 16.6. The monoisotopic (exact) mass is 382 g/mol. The second-order valence-electron chi connectivity index (χ2n) is 7.00. The Hall–Kier alpha value is -2.96. The highest BCUT2D eigenvalue weighted by Crippen LogP contribution is 2.23. The summed E-state index contributed by atoms with van der Waals surface area (Å²) in [6, 6.07) is 8.73. The Balaban J connectivity index is 1.54. The quantitative estimate of drug-likeness (QED) is 0.800. The van der Waals surface area contributed by atoms with Crippen molar-refractivity contribution < 1.29 is 14.3 Å². The zero-order chi connectivity index (χ0) is 20.1. The SMILES string of the molecule is CCOC(=O)c1ccc(NC(=O)C2CCN(c3nc(C)cc(C)n3)CC2)cc1. The molecule has 0 aliphatic carbocycles. The van der Waals surface area contributed by atoms with Gasteiger partial charge in [-0.1, -0.05) is 0 Å². The number of benzene rings is 1. The van der Waals surface area contributed by atoms with Gasteiger partial charge in [0, 0.05) is 36.1 Å². The summed E-state index contributed by atoms with van der Waals surface area (Å²) >= 11 is 0. The van der Waals surface area contributed by atoms with Gasteiger partial charge in [0.1, 0.15) is 0 Å². The number of aryl methyl sites for hydroxylation is 2. The highest BCUT2D eigenvalue weighted by atomic mass is 16.5. The third kappa shape index (κ3) is 4.85. The van der Waals surface area contributed by atoms with E-state index in [0.29, 0.717) is 17.9 Å². The molecule has 0 spiro atoms. The maximum Gasteiger partial charge on any atom is 0.338 e. The molecule has 1 aromatic carbocycles. The lowest BCUT2D eigenvalue weighted by atomic mass is 9.96. The third-order valence-corrected chi connectivity index (χ3v) is 4.78. The van der Waals surface area contributed by atoms with Crippen molar-refractivity contribution in [2.75, 3.05) is 29.9 Å². The van der Waals surface area contributed by atoms with Crippen LogP contribution in [-0.4, -0.2) is 41.5 Å². The third-order valence-electron chi connectivity index (χ3n) is 4.78. The summed E-state index contributed by atoms with van der Waals surface area (Å²) in [6.07, 6.45) is 1.51. The van der Waals surface area contributed by atoms with Crippen molar-refractivity contribution in [2.45, 2.75) is 33.6 Å². The number of ether oxygens (including phenoxy) is 1. The molecule has 1 amide bonds. The summed E-state index contributed by atoms with van der Waals surface area (Å²) in [6.45, 7) is 7.54. The minimum Gasteiger partial charge on any atom is -0.462 e. The number of esters is 1. The number of hydrogen-bond donors (Lipinski definition) is 1. The highest BCUT2D eigenvalue weighted by Gasteiger charge is 2.26. The van der Waals surface area contributed by atoms with Crippen molar-refractivity contribution >= 4 is 23.5 Å². The van der Waals surface area contributed by atoms with Crippen molar-refractivity contribution in [2.24, 2.45) is 5.92 Å². The van der Waals surface area contributed by atoms with Crippen LogP contribution in [0.25, 0.3) is 0 Å². The predicted molar refractivity (Wildman–Crippen MR) is 107 cm³/mol. The van der Waals surface area contributed by atoms with E-state index >= 15 is 0 Å². The average molecular weight is 382 g/mol. The number of anilines is 2. The summed E-state index contributed by atoms with van der Waals surface area (Å²) in [7, 11) is 0. The molecule has 0 saturated carbocycles. The number of carbonyl (C=O) groups is 2. The van der Waals surface area contributed by atoms with Gasteiger partial charge in [-0.15, -0.1) is 0 Å². The molecule has 0 bridgehead atoms. The first-order chi connectivity index (χ1) is 13.5. The van der Waals surface area contributed by atoms with Crippen molar-refractivity contribution in [1.82, 2.24) is 9.97 Å². The van der Waals surface area contributed by atoms with Gasteiger partial charge in [-0.3, -0.25) is 4.79 Å². The van der Waals surface area contributed by atoms with Gasteiger partial charge < -0.3 is 15.0 Å². The van der Waals surface area contributed by atoms with Crippen molar-refractivity contribution in [3.63, 3.8) is 0 Å². The molecule has 2 aromatic rings. The summed E-state index contributed by atoms with van der Waals surface area (Å²) in [5, 5.41) is 2.94. The van der Waals surface area contributed by atoms with Crippen LogP contribution in [0.15, 0.2) is 30.3 Å². The number of amides is 1. The molecule has 7 heteroatoms. The molecule has 2 heterocycles. The summed E-state index contributed by atoms with van der Waals surface area (Å²) in [4.78, 5) is 35.4. The highest BCUT2D eigenvalue weighted by molar-refractivity contribution is 5.94. The van der Waals surface area contributed by atoms with E-state index in [1.54, 1.807) is 31.2 Å². The van der Waals surface area contributed by atoms with Gasteiger partial charge in [0.2, 0.25) is 11.9 Å². The Kier molecular flexibility index (Phi) is 6.23. The van der Waals surface area contributed by atoms with E-state index in [-0.39, 0.29) is 17.8 Å². The number of hydrogen-bond acceptors (Lipinski definition) is 6. The molecule has 1 N–H and O–H groups in total. The molecule has 1 aromatic heterocycles. The molecular formula is C21H26N4O3. The van der Waals surface area contributed by atoms with Crippen molar-refractivity contribution in [3.05, 3.63) is 47.3 Å². The molecule has 1 aliphatic rings. The normalized spacial score (nSPS) is 14.6. The number of nitrogens with zero attached hydrogens (tertiary/aromatic N) is 3. The largest absolute Gasteiger partial charge is 0.462 e. The van der Waals surface area contributed by atoms with Gasteiger partial charge in [0.05, 0.1) is 12.2 Å². The van der Waals surface area contributed by atoms with Gasteiger partial charge in [-0.05, 0) is 63.9 Å². The van der Waals surface area contributed by atoms with Crippen LogP contribution in [-0.2, 0) is 9.53 Å². The number of rotatable bonds is 5. The van der Waals surface area contributed by atoms with Gasteiger partial charge in [0.25, 0.3) is 0 Å².